The zero-order valence-corrected chi connectivity index (χ0v) is 34.0. The van der Waals surface area contributed by atoms with Crippen molar-refractivity contribution in [2.45, 2.75) is 19.6 Å². The van der Waals surface area contributed by atoms with Gasteiger partial charge in [0.05, 0.1) is 159 Å². The van der Waals surface area contributed by atoms with Gasteiger partial charge in [0.25, 0.3) is 0 Å². The van der Waals surface area contributed by atoms with Gasteiger partial charge in [-0.3, -0.25) is 4.79 Å². The third kappa shape index (κ3) is 32.8. The van der Waals surface area contributed by atoms with Gasteiger partial charge in [0.2, 0.25) is 5.91 Å². The molecule has 1 heterocycles. The lowest BCUT2D eigenvalue weighted by molar-refractivity contribution is -0.122. The zero-order chi connectivity index (χ0) is 41.2. The molecule has 58 heavy (non-hydrogen) atoms. The normalized spacial score (nSPS) is 11.3. The van der Waals surface area contributed by atoms with Crippen molar-refractivity contribution in [2.24, 2.45) is 5.73 Å². The smallest absolute Gasteiger partial charge is 0.318 e. The number of rotatable bonds is 43. The Bertz CT molecular complexity index is 1210. The Labute approximate surface area is 342 Å². The van der Waals surface area contributed by atoms with Crippen LogP contribution in [0.1, 0.15) is 17.5 Å². The number of amides is 1. The number of hydrogen-bond acceptors (Lipinski definition) is 18. The second-order valence-corrected chi connectivity index (χ2v) is 12.0. The molecule has 2 aromatic rings. The Morgan fingerprint density at radius 1 is 0.483 bits per heavy atom. The molecule has 0 radical (unpaired) electrons. The van der Waals surface area contributed by atoms with E-state index in [0.717, 1.165) is 11.1 Å². The lowest BCUT2D eigenvalue weighted by Crippen LogP contribution is -2.24. The summed E-state index contributed by atoms with van der Waals surface area (Å²) in [6, 6.07) is 9.54. The average Bonchev–Trinajstić information content (AvgIpc) is 3.23. The molecule has 0 atom stereocenters. The molecule has 1 amide bonds. The standard InChI is InChI=1S/C39H67N5O14/c40-7-10-47-12-14-49-16-18-51-20-22-53-24-26-55-28-30-57-32-31-56-29-27-54-25-23-52-21-19-50-17-15-48-13-11-46-9-6-38(45)43-33-35-1-3-36(4-2-35)34-58-39-42-8-5-37(41)44-39/h1-5,8H,6-7,9-34,40H2,(H,43,45)(H2,41,42,44). The number of nitrogen functional groups attached to an aromatic ring is 1. The van der Waals surface area contributed by atoms with Crippen LogP contribution in [0.2, 0.25) is 0 Å². The monoisotopic (exact) mass is 829 g/mol. The summed E-state index contributed by atoms with van der Waals surface area (Å²) in [5.41, 5.74) is 12.9. The number of nitrogens with two attached hydrogens (primary N) is 2. The van der Waals surface area contributed by atoms with Crippen LogP contribution in [0.25, 0.3) is 0 Å². The number of carbonyl (C=O) groups excluding carboxylic acids is 1. The van der Waals surface area contributed by atoms with Gasteiger partial charge in [0.1, 0.15) is 12.4 Å². The Hall–Kier alpha value is -3.15. The van der Waals surface area contributed by atoms with Crippen molar-refractivity contribution in [1.29, 1.82) is 0 Å². The number of benzene rings is 1. The molecule has 0 fully saturated rings. The topological polar surface area (TPSA) is 227 Å². The molecular formula is C39H67N5O14. The summed E-state index contributed by atoms with van der Waals surface area (Å²) in [6.07, 6.45) is 1.81. The number of carbonyl (C=O) groups is 1. The van der Waals surface area contributed by atoms with Gasteiger partial charge in [0.15, 0.2) is 0 Å². The number of hydrogen-bond donors (Lipinski definition) is 3. The molecule has 0 unspecified atom stereocenters. The quantitative estimate of drug-likeness (QED) is 0.0786. The van der Waals surface area contributed by atoms with Gasteiger partial charge in [-0.1, -0.05) is 24.3 Å². The van der Waals surface area contributed by atoms with E-state index in [4.69, 9.17) is 73.0 Å². The van der Waals surface area contributed by atoms with Crippen molar-refractivity contribution in [3.63, 3.8) is 0 Å². The van der Waals surface area contributed by atoms with Gasteiger partial charge in [-0.25, -0.2) is 4.98 Å². The third-order valence-electron chi connectivity index (χ3n) is 7.36. The molecule has 0 bridgehead atoms. The number of aromatic nitrogens is 2. The van der Waals surface area contributed by atoms with Crippen LogP contribution in [0, 0.1) is 0 Å². The molecule has 19 nitrogen and oxygen atoms in total. The summed E-state index contributed by atoms with van der Waals surface area (Å²) in [5, 5.41) is 2.89. The molecule has 0 spiro atoms. The molecule has 0 saturated carbocycles. The fraction of sp³-hybridized carbons (Fsp3) is 0.718. The van der Waals surface area contributed by atoms with Crippen molar-refractivity contribution in [3.05, 3.63) is 47.7 Å². The maximum absolute atomic E-state index is 12.1. The SMILES string of the molecule is NCCOCCOCCOCCOCCOCCOCCOCCOCCOCCOCCOCCOCCC(=O)NCc1ccc(COc2nccc(N)n2)cc1. The number of ether oxygens (including phenoxy) is 13. The van der Waals surface area contributed by atoms with E-state index in [1.54, 1.807) is 12.3 Å². The molecular weight excluding hydrogens is 762 g/mol. The van der Waals surface area contributed by atoms with E-state index in [0.29, 0.717) is 184 Å². The molecule has 332 valence electrons. The molecule has 0 aliphatic rings. The van der Waals surface area contributed by atoms with Crippen LogP contribution in [0.3, 0.4) is 0 Å². The highest BCUT2D eigenvalue weighted by Crippen LogP contribution is 2.09. The van der Waals surface area contributed by atoms with E-state index >= 15 is 0 Å². The van der Waals surface area contributed by atoms with E-state index in [1.807, 2.05) is 24.3 Å². The third-order valence-corrected chi connectivity index (χ3v) is 7.36. The molecule has 0 saturated heterocycles. The predicted molar refractivity (Wildman–Crippen MR) is 213 cm³/mol. The van der Waals surface area contributed by atoms with E-state index in [9.17, 15) is 4.79 Å². The van der Waals surface area contributed by atoms with E-state index in [-0.39, 0.29) is 18.3 Å². The first-order valence-corrected chi connectivity index (χ1v) is 19.9. The van der Waals surface area contributed by atoms with Crippen molar-refractivity contribution in [1.82, 2.24) is 15.3 Å². The number of nitrogens with one attached hydrogen (secondary N) is 1. The summed E-state index contributed by atoms with van der Waals surface area (Å²) in [4.78, 5) is 20.2. The van der Waals surface area contributed by atoms with Crippen LogP contribution < -0.4 is 21.5 Å². The first-order valence-electron chi connectivity index (χ1n) is 19.9. The number of anilines is 1. The highest BCUT2D eigenvalue weighted by molar-refractivity contribution is 5.75. The molecule has 1 aromatic carbocycles. The summed E-state index contributed by atoms with van der Waals surface area (Å²) < 4.78 is 70.9. The minimum atomic E-state index is -0.0862. The molecule has 0 aliphatic carbocycles. The maximum Gasteiger partial charge on any atom is 0.318 e. The molecule has 2 rings (SSSR count). The van der Waals surface area contributed by atoms with Crippen LogP contribution in [-0.2, 0) is 74.8 Å². The second kappa shape index (κ2) is 39.3. The molecule has 19 heteroatoms. The van der Waals surface area contributed by atoms with Crippen molar-refractivity contribution >= 4 is 11.7 Å². The average molecular weight is 830 g/mol. The predicted octanol–water partition coefficient (Wildman–Crippen LogP) is 0.802. The van der Waals surface area contributed by atoms with Crippen LogP contribution >= 0.6 is 0 Å². The zero-order valence-electron chi connectivity index (χ0n) is 34.0. The van der Waals surface area contributed by atoms with Gasteiger partial charge >= 0.3 is 6.01 Å². The molecule has 1 aromatic heterocycles. The van der Waals surface area contributed by atoms with Crippen molar-refractivity contribution in [3.8, 4) is 6.01 Å². The lowest BCUT2D eigenvalue weighted by atomic mass is 10.1. The highest BCUT2D eigenvalue weighted by Gasteiger charge is 2.04. The second-order valence-electron chi connectivity index (χ2n) is 12.0. The Morgan fingerprint density at radius 2 is 0.828 bits per heavy atom. The summed E-state index contributed by atoms with van der Waals surface area (Å²) in [5.74, 6) is 0.265. The maximum atomic E-state index is 12.1. The van der Waals surface area contributed by atoms with Gasteiger partial charge in [0, 0.05) is 25.7 Å². The summed E-state index contributed by atoms with van der Waals surface area (Å²) in [7, 11) is 0. The van der Waals surface area contributed by atoms with E-state index in [2.05, 4.69) is 15.3 Å². The van der Waals surface area contributed by atoms with Crippen LogP contribution in [0.5, 0.6) is 6.01 Å². The van der Waals surface area contributed by atoms with Crippen LogP contribution in [0.15, 0.2) is 36.5 Å². The van der Waals surface area contributed by atoms with Crippen molar-refractivity contribution in [2.75, 3.05) is 171 Å². The summed E-state index contributed by atoms with van der Waals surface area (Å²) in [6.45, 7) is 12.8. The van der Waals surface area contributed by atoms with Gasteiger partial charge in [-0.2, -0.15) is 4.98 Å². The van der Waals surface area contributed by atoms with Crippen LogP contribution in [-0.4, -0.2) is 181 Å². The largest absolute Gasteiger partial charge is 0.459 e. The fourth-order valence-electron chi connectivity index (χ4n) is 4.38. The van der Waals surface area contributed by atoms with Gasteiger partial charge in [-0.05, 0) is 17.2 Å². The first-order chi connectivity index (χ1) is 28.7. The van der Waals surface area contributed by atoms with Gasteiger partial charge in [-0.15, -0.1) is 0 Å². The Kier molecular flexibility index (Phi) is 34.6. The molecule has 5 N–H and O–H groups in total. The lowest BCUT2D eigenvalue weighted by Gasteiger charge is -2.09. The minimum absolute atomic E-state index is 0.0862. The van der Waals surface area contributed by atoms with E-state index < -0.39 is 0 Å². The molecule has 0 aliphatic heterocycles. The van der Waals surface area contributed by atoms with E-state index in [1.165, 1.54) is 0 Å². The van der Waals surface area contributed by atoms with Crippen molar-refractivity contribution < 1.29 is 66.4 Å². The first kappa shape index (κ1) is 51.0. The number of nitrogens with zero attached hydrogens (tertiary/aromatic N) is 2. The summed E-state index contributed by atoms with van der Waals surface area (Å²) >= 11 is 0. The highest BCUT2D eigenvalue weighted by atomic mass is 16.6. The van der Waals surface area contributed by atoms with Crippen LogP contribution in [0.4, 0.5) is 5.82 Å². The Balaban J connectivity index is 1.19. The minimum Gasteiger partial charge on any atom is -0.459 e. The van der Waals surface area contributed by atoms with Gasteiger partial charge < -0.3 is 78.4 Å². The fourth-order valence-corrected chi connectivity index (χ4v) is 4.38. The Morgan fingerprint density at radius 3 is 1.19 bits per heavy atom.